The number of hydrogen-bond donors (Lipinski definition) is 7. The molecule has 48 heavy (non-hydrogen) atoms. The highest BCUT2D eigenvalue weighted by Crippen LogP contribution is 2.42. The summed E-state index contributed by atoms with van der Waals surface area (Å²) in [6.07, 6.45) is 0. The van der Waals surface area contributed by atoms with Gasteiger partial charge in [0.15, 0.2) is 0 Å². The Balaban J connectivity index is 1.52. The van der Waals surface area contributed by atoms with Crippen LogP contribution in [0.15, 0.2) is 113 Å². The van der Waals surface area contributed by atoms with E-state index in [1.165, 1.54) is 18.2 Å². The second-order valence-corrected chi connectivity index (χ2v) is 11.1. The van der Waals surface area contributed by atoms with Crippen LogP contribution in [0, 0.1) is 0 Å². The molecule has 0 amide bonds. The van der Waals surface area contributed by atoms with E-state index < -0.39 is 26.2 Å². The molecule has 6 rings (SSSR count). The number of carbonyl (C=O) groups is 2. The van der Waals surface area contributed by atoms with E-state index in [2.05, 4.69) is 10.3 Å². The number of anilines is 1. The Bertz CT molecular complexity index is 2220. The molecule has 0 saturated heterocycles. The summed E-state index contributed by atoms with van der Waals surface area (Å²) in [6, 6.07) is 27.9. The lowest BCUT2D eigenvalue weighted by molar-refractivity contribution is 0.0682. The van der Waals surface area contributed by atoms with Crippen molar-refractivity contribution in [3.05, 3.63) is 131 Å². The normalized spacial score (nSPS) is 11.5. The molecule has 1 aliphatic carbocycles. The molecule has 4 aromatic rings. The summed E-state index contributed by atoms with van der Waals surface area (Å²) < 4.78 is 6.37. The Morgan fingerprint density at radius 1 is 0.708 bits per heavy atom. The first-order valence-electron chi connectivity index (χ1n) is 14.8. The fourth-order valence-electron chi connectivity index (χ4n) is 5.70. The van der Waals surface area contributed by atoms with Crippen LogP contribution in [0.1, 0.15) is 31.8 Å². The highest BCUT2D eigenvalue weighted by Gasteiger charge is 2.23. The van der Waals surface area contributed by atoms with Crippen molar-refractivity contribution in [3.63, 3.8) is 0 Å². The van der Waals surface area contributed by atoms with Gasteiger partial charge >= 0.3 is 26.2 Å². The number of benzene rings is 5. The molecule has 13 heteroatoms. The maximum atomic E-state index is 12.4. The van der Waals surface area contributed by atoms with Crippen LogP contribution in [-0.2, 0) is 13.1 Å². The topological polar surface area (TPSA) is 193 Å². The van der Waals surface area contributed by atoms with E-state index in [0.29, 0.717) is 61.0 Å². The fraction of sp³-hybridized carbons (Fsp3) is 0.0571. The third-order valence-corrected chi connectivity index (χ3v) is 8.05. The lowest BCUT2D eigenvalue weighted by atomic mass is 9.77. The van der Waals surface area contributed by atoms with Crippen LogP contribution in [0.2, 0.25) is 0 Å². The summed E-state index contributed by atoms with van der Waals surface area (Å²) in [5.41, 5.74) is 3.93. The van der Waals surface area contributed by atoms with E-state index >= 15 is 0 Å². The summed E-state index contributed by atoms with van der Waals surface area (Å²) in [7, 11) is -3.30. The monoisotopic (exact) mass is 642 g/mol. The molecule has 238 valence electrons. The lowest BCUT2D eigenvalue weighted by Gasteiger charge is -2.18. The van der Waals surface area contributed by atoms with Crippen LogP contribution < -0.4 is 21.6 Å². The van der Waals surface area contributed by atoms with Gasteiger partial charge in [-0.25, -0.2) is 9.59 Å². The largest absolute Gasteiger partial charge is 0.488 e. The van der Waals surface area contributed by atoms with Gasteiger partial charge < -0.3 is 40.0 Å². The van der Waals surface area contributed by atoms with E-state index in [0.717, 1.165) is 0 Å². The minimum absolute atomic E-state index is 0.0866. The zero-order valence-corrected chi connectivity index (χ0v) is 25.2. The molecule has 1 aliphatic heterocycles. The number of carboxylic acids is 2. The maximum absolute atomic E-state index is 12.4. The molecule has 0 atom stereocenters. The Morgan fingerprint density at radius 2 is 1.40 bits per heavy atom. The summed E-state index contributed by atoms with van der Waals surface area (Å²) in [4.78, 5) is 29.0. The number of rotatable bonds is 10. The SMILES string of the molecule is O=C(O)c1ccc(C(=O)O)c(-c2c3ccc(=NCc4ccccc4B(O)O)cc-3oc3cc(NCc4ccccc4B(O)O)ccc23)c1. The van der Waals surface area contributed by atoms with Gasteiger partial charge in [0.1, 0.15) is 11.3 Å². The number of aromatic carboxylic acids is 2. The molecule has 1 heterocycles. The maximum Gasteiger partial charge on any atom is 0.488 e. The van der Waals surface area contributed by atoms with Crippen molar-refractivity contribution in [2.45, 2.75) is 13.1 Å². The first-order chi connectivity index (χ1) is 23.1. The lowest BCUT2D eigenvalue weighted by Crippen LogP contribution is -2.33. The van der Waals surface area contributed by atoms with Gasteiger partial charge in [0.2, 0.25) is 0 Å². The smallest absolute Gasteiger partial charge is 0.478 e. The first kappa shape index (κ1) is 32.2. The molecule has 11 nitrogen and oxygen atoms in total. The van der Waals surface area contributed by atoms with Crippen LogP contribution in [0.5, 0.6) is 0 Å². The Hall–Kier alpha value is -5.72. The van der Waals surface area contributed by atoms with Crippen LogP contribution in [-0.4, -0.2) is 56.5 Å². The minimum atomic E-state index is -1.66. The van der Waals surface area contributed by atoms with Crippen molar-refractivity contribution in [2.24, 2.45) is 4.99 Å². The van der Waals surface area contributed by atoms with Crippen LogP contribution in [0.4, 0.5) is 5.69 Å². The summed E-state index contributed by atoms with van der Waals surface area (Å²) in [5.74, 6) is -2.10. The van der Waals surface area contributed by atoms with Crippen LogP contribution >= 0.6 is 0 Å². The van der Waals surface area contributed by atoms with Crippen LogP contribution in [0.25, 0.3) is 33.4 Å². The summed E-state index contributed by atoms with van der Waals surface area (Å²) >= 11 is 0. The molecule has 0 radical (unpaired) electrons. The van der Waals surface area contributed by atoms with Gasteiger partial charge in [-0.3, -0.25) is 4.99 Å². The first-order valence-corrected chi connectivity index (χ1v) is 14.8. The molecule has 0 fully saturated rings. The average Bonchev–Trinajstić information content (AvgIpc) is 3.08. The van der Waals surface area contributed by atoms with Crippen LogP contribution in [0.3, 0.4) is 0 Å². The zero-order valence-electron chi connectivity index (χ0n) is 25.2. The number of carboxylic acid groups (broad SMARTS) is 2. The van der Waals surface area contributed by atoms with Crippen molar-refractivity contribution in [3.8, 4) is 22.5 Å². The van der Waals surface area contributed by atoms with E-state index in [1.54, 1.807) is 84.9 Å². The molecule has 7 N–H and O–H groups in total. The Morgan fingerprint density at radius 3 is 2.08 bits per heavy atom. The number of nitrogens with zero attached hydrogens (tertiary/aromatic N) is 1. The van der Waals surface area contributed by atoms with Crippen molar-refractivity contribution in [2.75, 3.05) is 5.32 Å². The van der Waals surface area contributed by atoms with Gasteiger partial charge in [-0.2, -0.15) is 0 Å². The van der Waals surface area contributed by atoms with E-state index in [-0.39, 0.29) is 29.8 Å². The highest BCUT2D eigenvalue weighted by molar-refractivity contribution is 6.59. The molecule has 0 saturated carbocycles. The molecule has 0 bridgehead atoms. The quantitative estimate of drug-likeness (QED) is 0.0864. The Labute approximate surface area is 274 Å². The fourth-order valence-corrected chi connectivity index (χ4v) is 5.70. The number of hydrogen-bond acceptors (Lipinski definition) is 9. The van der Waals surface area contributed by atoms with E-state index in [4.69, 9.17) is 4.42 Å². The second kappa shape index (κ2) is 13.6. The summed E-state index contributed by atoms with van der Waals surface area (Å²) in [5, 5.41) is 63.2. The second-order valence-electron chi connectivity index (χ2n) is 11.1. The van der Waals surface area contributed by atoms with Gasteiger partial charge in [0, 0.05) is 40.9 Å². The summed E-state index contributed by atoms with van der Waals surface area (Å²) in [6.45, 7) is 0.401. The van der Waals surface area contributed by atoms with Crippen molar-refractivity contribution < 1.29 is 44.3 Å². The van der Waals surface area contributed by atoms with Crippen molar-refractivity contribution >= 4 is 53.8 Å². The third-order valence-electron chi connectivity index (χ3n) is 8.05. The van der Waals surface area contributed by atoms with Crippen molar-refractivity contribution in [1.29, 1.82) is 0 Å². The third kappa shape index (κ3) is 6.57. The van der Waals surface area contributed by atoms with E-state index in [1.807, 2.05) is 0 Å². The zero-order chi connectivity index (χ0) is 33.9. The number of fused-ring (bicyclic) bond motifs is 2. The van der Waals surface area contributed by atoms with E-state index in [9.17, 15) is 39.9 Å². The standard InChI is InChI=1S/C35H28B2N2O9/c40-34(41)20-9-12-25(35(42)43)28(15-20)33-26-13-10-23(38-18-21-5-1-3-7-29(21)36(44)45)16-31(26)48-32-17-24(11-14-27(32)33)39-19-22-6-2-4-8-30(22)37(46)47/h1-17,38,44-47H,18-19H2,(H,40,41)(H,42,43). The minimum Gasteiger partial charge on any atom is -0.478 e. The molecule has 4 aromatic carbocycles. The van der Waals surface area contributed by atoms with Crippen molar-refractivity contribution in [1.82, 2.24) is 0 Å². The van der Waals surface area contributed by atoms with Gasteiger partial charge in [0.05, 0.1) is 23.0 Å². The predicted octanol–water partition coefficient (Wildman–Crippen LogP) is 2.67. The molecular weight excluding hydrogens is 614 g/mol. The number of nitrogens with one attached hydrogen (secondary N) is 1. The van der Waals surface area contributed by atoms with Gasteiger partial charge in [-0.15, -0.1) is 0 Å². The molecule has 0 unspecified atom stereocenters. The molecule has 0 spiro atoms. The van der Waals surface area contributed by atoms with Gasteiger partial charge in [-0.05, 0) is 70.1 Å². The highest BCUT2D eigenvalue weighted by atomic mass is 16.4. The molecule has 2 aliphatic rings. The van der Waals surface area contributed by atoms with Gasteiger partial charge in [0.25, 0.3) is 0 Å². The van der Waals surface area contributed by atoms with Gasteiger partial charge in [-0.1, -0.05) is 48.5 Å². The molecular formula is C35H28B2N2O9. The Kier molecular flexibility index (Phi) is 9.10. The molecule has 0 aromatic heterocycles. The predicted molar refractivity (Wildman–Crippen MR) is 181 cm³/mol. The average molecular weight is 642 g/mol.